The number of ketones is 1. The molecule has 1 atom stereocenters. The number of piperidine rings is 1. The summed E-state index contributed by atoms with van der Waals surface area (Å²) in [6, 6.07) is 5.68. The number of amides is 1. The van der Waals surface area contributed by atoms with Crippen molar-refractivity contribution in [3.05, 3.63) is 34.9 Å². The van der Waals surface area contributed by atoms with Crippen molar-refractivity contribution in [3.8, 4) is 0 Å². The van der Waals surface area contributed by atoms with Crippen LogP contribution in [0.4, 0.5) is 0 Å². The molecule has 1 aliphatic rings. The fraction of sp³-hybridized carbons (Fsp3) is 0.438. The number of nitrogens with zero attached hydrogens (tertiary/aromatic N) is 1. The van der Waals surface area contributed by atoms with E-state index in [1.54, 1.807) is 4.90 Å². The second kappa shape index (κ2) is 6.08. The maximum absolute atomic E-state index is 12.6. The summed E-state index contributed by atoms with van der Waals surface area (Å²) in [7, 11) is 1.25. The Kier molecular flexibility index (Phi) is 4.40. The molecule has 1 fully saturated rings. The minimum atomic E-state index is -0.863. The highest BCUT2D eigenvalue weighted by Gasteiger charge is 2.35. The second-order valence-electron chi connectivity index (χ2n) is 5.36. The molecule has 1 unspecified atom stereocenters. The van der Waals surface area contributed by atoms with Gasteiger partial charge in [0, 0.05) is 25.1 Å². The normalized spacial score (nSPS) is 18.5. The Morgan fingerprint density at radius 3 is 2.67 bits per heavy atom. The van der Waals surface area contributed by atoms with E-state index in [1.165, 1.54) is 7.11 Å². The summed E-state index contributed by atoms with van der Waals surface area (Å²) in [6.45, 7) is 4.24. The van der Waals surface area contributed by atoms with E-state index in [0.717, 1.165) is 11.1 Å². The lowest BCUT2D eigenvalue weighted by atomic mass is 9.95. The van der Waals surface area contributed by atoms with Crippen LogP contribution in [-0.4, -0.2) is 42.8 Å². The highest BCUT2D eigenvalue weighted by atomic mass is 16.5. The van der Waals surface area contributed by atoms with Gasteiger partial charge in [-0.3, -0.25) is 14.4 Å². The largest absolute Gasteiger partial charge is 0.468 e. The molecular formula is C16H19NO4. The molecular weight excluding hydrogens is 270 g/mol. The second-order valence-corrected chi connectivity index (χ2v) is 5.36. The van der Waals surface area contributed by atoms with Gasteiger partial charge in [0.25, 0.3) is 5.91 Å². The molecule has 1 aliphatic heterocycles. The van der Waals surface area contributed by atoms with E-state index in [0.29, 0.717) is 12.1 Å². The minimum absolute atomic E-state index is 0.0950. The Labute approximate surface area is 123 Å². The summed E-state index contributed by atoms with van der Waals surface area (Å²) >= 11 is 0. The lowest BCUT2D eigenvalue weighted by Gasteiger charge is -2.31. The van der Waals surface area contributed by atoms with E-state index in [9.17, 15) is 14.4 Å². The molecule has 0 radical (unpaired) electrons. The zero-order valence-electron chi connectivity index (χ0n) is 12.5. The summed E-state index contributed by atoms with van der Waals surface area (Å²) in [6.07, 6.45) is 0.191. The average Bonchev–Trinajstić information content (AvgIpc) is 2.48. The molecule has 5 heteroatoms. The van der Waals surface area contributed by atoms with Gasteiger partial charge in [0.1, 0.15) is 5.92 Å². The predicted octanol–water partition coefficient (Wildman–Crippen LogP) is 1.51. The number of carbonyl (C=O) groups excluding carboxylic acids is 3. The zero-order valence-corrected chi connectivity index (χ0v) is 12.5. The predicted molar refractivity (Wildman–Crippen MR) is 76.9 cm³/mol. The molecule has 1 amide bonds. The maximum atomic E-state index is 12.6. The molecule has 0 spiro atoms. The van der Waals surface area contributed by atoms with Crippen LogP contribution < -0.4 is 0 Å². The highest BCUT2D eigenvalue weighted by molar-refractivity contribution is 6.02. The number of likely N-dealkylation sites (tertiary alicyclic amines) is 1. The fourth-order valence-electron chi connectivity index (χ4n) is 2.50. The average molecular weight is 289 g/mol. The molecule has 1 heterocycles. The van der Waals surface area contributed by atoms with Crippen molar-refractivity contribution in [2.45, 2.75) is 20.3 Å². The number of benzene rings is 1. The van der Waals surface area contributed by atoms with Crippen LogP contribution in [0.5, 0.6) is 0 Å². The van der Waals surface area contributed by atoms with Gasteiger partial charge < -0.3 is 9.64 Å². The summed E-state index contributed by atoms with van der Waals surface area (Å²) < 4.78 is 4.64. The van der Waals surface area contributed by atoms with Crippen molar-refractivity contribution < 1.29 is 19.1 Å². The van der Waals surface area contributed by atoms with Crippen molar-refractivity contribution in [3.63, 3.8) is 0 Å². The van der Waals surface area contributed by atoms with Gasteiger partial charge in [-0.2, -0.15) is 0 Å². The lowest BCUT2D eigenvalue weighted by molar-refractivity contribution is -0.151. The van der Waals surface area contributed by atoms with Crippen LogP contribution in [0.2, 0.25) is 0 Å². The fourth-order valence-corrected chi connectivity index (χ4v) is 2.50. The van der Waals surface area contributed by atoms with E-state index in [-0.39, 0.29) is 24.7 Å². The number of ether oxygens (including phenoxy) is 1. The highest BCUT2D eigenvalue weighted by Crippen LogP contribution is 2.19. The lowest BCUT2D eigenvalue weighted by Crippen LogP contribution is -2.47. The number of methoxy groups -OCH3 is 1. The topological polar surface area (TPSA) is 63.7 Å². The number of rotatable bonds is 2. The molecule has 0 saturated carbocycles. The molecule has 112 valence electrons. The van der Waals surface area contributed by atoms with E-state index in [2.05, 4.69) is 4.74 Å². The van der Waals surface area contributed by atoms with Gasteiger partial charge in [-0.25, -0.2) is 0 Å². The Morgan fingerprint density at radius 1 is 1.29 bits per heavy atom. The Bertz CT molecular complexity index is 586. The molecule has 5 nitrogen and oxygen atoms in total. The van der Waals surface area contributed by atoms with Crippen LogP contribution in [0.25, 0.3) is 0 Å². The van der Waals surface area contributed by atoms with Crippen molar-refractivity contribution >= 4 is 17.7 Å². The third-order valence-electron chi connectivity index (χ3n) is 3.82. The van der Waals surface area contributed by atoms with Crippen LogP contribution in [0, 0.1) is 19.8 Å². The summed E-state index contributed by atoms with van der Waals surface area (Å²) in [5.41, 5.74) is 2.51. The Hall–Kier alpha value is -2.17. The van der Waals surface area contributed by atoms with Gasteiger partial charge in [-0.15, -0.1) is 0 Å². The zero-order chi connectivity index (χ0) is 15.6. The number of aryl methyl sites for hydroxylation is 2. The number of hydrogen-bond acceptors (Lipinski definition) is 4. The molecule has 0 bridgehead atoms. The SMILES string of the molecule is COC(=O)C1CN(C(=O)c2cc(C)ccc2C)CCC1=O. The van der Waals surface area contributed by atoms with Gasteiger partial charge in [-0.05, 0) is 25.5 Å². The van der Waals surface area contributed by atoms with Crippen LogP contribution in [0.1, 0.15) is 27.9 Å². The van der Waals surface area contributed by atoms with Crippen LogP contribution in [-0.2, 0) is 14.3 Å². The molecule has 2 rings (SSSR count). The van der Waals surface area contributed by atoms with E-state index in [1.807, 2.05) is 32.0 Å². The number of esters is 1. The first-order valence-corrected chi connectivity index (χ1v) is 6.91. The molecule has 21 heavy (non-hydrogen) atoms. The van der Waals surface area contributed by atoms with Gasteiger partial charge in [0.15, 0.2) is 5.78 Å². The van der Waals surface area contributed by atoms with Gasteiger partial charge in [0.2, 0.25) is 0 Å². The molecule has 0 N–H and O–H groups in total. The van der Waals surface area contributed by atoms with E-state index >= 15 is 0 Å². The Balaban J connectivity index is 2.21. The van der Waals surface area contributed by atoms with Crippen LogP contribution in [0.3, 0.4) is 0 Å². The molecule has 1 saturated heterocycles. The first-order chi connectivity index (χ1) is 9.93. The standard InChI is InChI=1S/C16H19NO4/c1-10-4-5-11(2)12(8-10)15(19)17-7-6-14(18)13(9-17)16(20)21-3/h4-5,8,13H,6-7,9H2,1-3H3. The smallest absolute Gasteiger partial charge is 0.318 e. The third kappa shape index (κ3) is 3.12. The molecule has 0 aliphatic carbocycles. The van der Waals surface area contributed by atoms with Crippen molar-refractivity contribution in [2.24, 2.45) is 5.92 Å². The van der Waals surface area contributed by atoms with Crippen LogP contribution in [0.15, 0.2) is 18.2 Å². The van der Waals surface area contributed by atoms with Crippen LogP contribution >= 0.6 is 0 Å². The quantitative estimate of drug-likeness (QED) is 0.611. The summed E-state index contributed by atoms with van der Waals surface area (Å²) in [5.74, 6) is -1.74. The van der Waals surface area contributed by atoms with Gasteiger partial charge in [-0.1, -0.05) is 17.7 Å². The first-order valence-electron chi connectivity index (χ1n) is 6.91. The van der Waals surface area contributed by atoms with Crippen molar-refractivity contribution in [1.82, 2.24) is 4.90 Å². The van der Waals surface area contributed by atoms with Crippen molar-refractivity contribution in [2.75, 3.05) is 20.2 Å². The van der Waals surface area contributed by atoms with E-state index < -0.39 is 11.9 Å². The first kappa shape index (κ1) is 15.2. The monoisotopic (exact) mass is 289 g/mol. The van der Waals surface area contributed by atoms with Crippen molar-refractivity contribution in [1.29, 1.82) is 0 Å². The molecule has 1 aromatic rings. The summed E-state index contributed by atoms with van der Waals surface area (Å²) in [5, 5.41) is 0. The molecule has 1 aromatic carbocycles. The maximum Gasteiger partial charge on any atom is 0.318 e. The van der Waals surface area contributed by atoms with Gasteiger partial charge in [0.05, 0.1) is 7.11 Å². The third-order valence-corrected chi connectivity index (χ3v) is 3.82. The molecule has 0 aromatic heterocycles. The number of Topliss-reactive ketones (excluding diaryl/α,β-unsaturated/α-hetero) is 1. The Morgan fingerprint density at radius 2 is 2.00 bits per heavy atom. The number of hydrogen-bond donors (Lipinski definition) is 0. The number of carbonyl (C=O) groups is 3. The van der Waals surface area contributed by atoms with Gasteiger partial charge >= 0.3 is 5.97 Å². The van der Waals surface area contributed by atoms with E-state index in [4.69, 9.17) is 0 Å². The summed E-state index contributed by atoms with van der Waals surface area (Å²) in [4.78, 5) is 37.6. The minimum Gasteiger partial charge on any atom is -0.468 e.